The third-order valence-corrected chi connectivity index (χ3v) is 14.0. The monoisotopic (exact) mass is 628 g/mol. The van der Waals surface area contributed by atoms with Gasteiger partial charge in [0, 0.05) is 0 Å². The molecule has 2 fully saturated rings. The van der Waals surface area contributed by atoms with Gasteiger partial charge in [-0.1, -0.05) is 194 Å². The second-order valence-corrected chi connectivity index (χ2v) is 17.3. The highest BCUT2D eigenvalue weighted by atomic mass is 31.1. The zero-order valence-electron chi connectivity index (χ0n) is 30.4. The summed E-state index contributed by atoms with van der Waals surface area (Å²) >= 11 is 0. The van der Waals surface area contributed by atoms with Crippen LogP contribution < -0.4 is 5.30 Å². The van der Waals surface area contributed by atoms with Gasteiger partial charge in [0.25, 0.3) is 0 Å². The summed E-state index contributed by atoms with van der Waals surface area (Å²) in [6, 6.07) is 11.6. The second kappa shape index (κ2) is 28.8. The van der Waals surface area contributed by atoms with Crippen LogP contribution in [0.25, 0.3) is 0 Å². The third kappa shape index (κ3) is 19.3. The van der Waals surface area contributed by atoms with Crippen molar-refractivity contribution in [1.29, 1.82) is 0 Å². The minimum absolute atomic E-state index is 0.108. The van der Waals surface area contributed by atoms with Gasteiger partial charge in [-0.3, -0.25) is 0 Å². The summed E-state index contributed by atoms with van der Waals surface area (Å²) in [5, 5.41) is 1.70. The van der Waals surface area contributed by atoms with E-state index in [9.17, 15) is 0 Å². The SMILES string of the molecule is CCCCCCCCN(CCCCCCCC)CCCCCCCC.c1ccc(P(C2CCCCC2)C2CCCCC2)cc1. The van der Waals surface area contributed by atoms with Crippen LogP contribution in [0.4, 0.5) is 0 Å². The van der Waals surface area contributed by atoms with E-state index >= 15 is 0 Å². The van der Waals surface area contributed by atoms with Crippen molar-refractivity contribution in [2.45, 2.75) is 212 Å². The van der Waals surface area contributed by atoms with E-state index in [4.69, 9.17) is 0 Å². The molecule has 44 heavy (non-hydrogen) atoms. The molecular formula is C42H78NP. The summed E-state index contributed by atoms with van der Waals surface area (Å²) in [4.78, 5) is 2.79. The summed E-state index contributed by atoms with van der Waals surface area (Å²) in [6.45, 7) is 11.0. The van der Waals surface area contributed by atoms with E-state index in [1.165, 1.54) is 199 Å². The maximum absolute atomic E-state index is 2.79. The topological polar surface area (TPSA) is 3.24 Å². The number of unbranched alkanes of at least 4 members (excludes halogenated alkanes) is 15. The molecule has 3 rings (SSSR count). The molecule has 256 valence electrons. The van der Waals surface area contributed by atoms with Gasteiger partial charge in [-0.25, -0.2) is 0 Å². The van der Waals surface area contributed by atoms with Crippen molar-refractivity contribution < 1.29 is 0 Å². The van der Waals surface area contributed by atoms with E-state index in [0.717, 1.165) is 11.3 Å². The van der Waals surface area contributed by atoms with Crippen LogP contribution in [-0.4, -0.2) is 35.9 Å². The molecule has 2 aliphatic carbocycles. The quantitative estimate of drug-likeness (QED) is 0.0814. The van der Waals surface area contributed by atoms with E-state index < -0.39 is 0 Å². The predicted molar refractivity (Wildman–Crippen MR) is 203 cm³/mol. The molecule has 0 unspecified atom stereocenters. The molecule has 1 aromatic carbocycles. The van der Waals surface area contributed by atoms with Crippen LogP contribution in [-0.2, 0) is 0 Å². The average molecular weight is 628 g/mol. The van der Waals surface area contributed by atoms with Crippen molar-refractivity contribution in [1.82, 2.24) is 4.90 Å². The van der Waals surface area contributed by atoms with Crippen LogP contribution in [0.3, 0.4) is 0 Å². The minimum Gasteiger partial charge on any atom is -0.303 e. The molecule has 0 atom stereocenters. The van der Waals surface area contributed by atoms with Crippen LogP contribution in [0.5, 0.6) is 0 Å². The molecule has 2 heteroatoms. The third-order valence-electron chi connectivity index (χ3n) is 10.5. The van der Waals surface area contributed by atoms with Crippen molar-refractivity contribution in [3.05, 3.63) is 30.3 Å². The van der Waals surface area contributed by atoms with Crippen LogP contribution in [0.15, 0.2) is 30.3 Å². The fourth-order valence-corrected chi connectivity index (χ4v) is 11.5. The van der Waals surface area contributed by atoms with Gasteiger partial charge in [-0.05, 0) is 81.2 Å². The average Bonchev–Trinajstić information content (AvgIpc) is 3.07. The highest BCUT2D eigenvalue weighted by Gasteiger charge is 2.31. The van der Waals surface area contributed by atoms with Crippen molar-refractivity contribution in [3.63, 3.8) is 0 Å². The standard InChI is InChI=1S/C24H51N.C18H27P/c1-4-7-10-13-16-19-22-25(23-20-17-14-11-8-5-2)24-21-18-15-12-9-6-3;1-4-10-16(11-5-1)19(17-12-6-2-7-13-17)18-14-8-3-9-15-18/h4-24H2,1-3H3;1,4-5,10-11,17-18H,2-3,6-9,12-15H2. The van der Waals surface area contributed by atoms with Gasteiger partial charge in [-0.2, -0.15) is 0 Å². The maximum Gasteiger partial charge on any atom is -0.00187 e. The molecule has 2 aliphatic rings. The number of benzene rings is 1. The zero-order chi connectivity index (χ0) is 31.3. The van der Waals surface area contributed by atoms with E-state index in [-0.39, 0.29) is 7.92 Å². The van der Waals surface area contributed by atoms with Gasteiger partial charge in [0.2, 0.25) is 0 Å². The normalized spacial score (nSPS) is 16.4. The Hall–Kier alpha value is -0.390. The molecule has 1 nitrogen and oxygen atoms in total. The first-order valence-corrected chi connectivity index (χ1v) is 21.8. The Balaban J connectivity index is 0.000000315. The van der Waals surface area contributed by atoms with Crippen LogP contribution in [0.2, 0.25) is 0 Å². The summed E-state index contributed by atoms with van der Waals surface area (Å²) in [6.07, 6.45) is 40.7. The fraction of sp³-hybridized carbons (Fsp3) is 0.857. The molecule has 0 heterocycles. The molecule has 0 radical (unpaired) electrons. The minimum atomic E-state index is 0.108. The highest BCUT2D eigenvalue weighted by Crippen LogP contribution is 2.54. The van der Waals surface area contributed by atoms with Crippen molar-refractivity contribution in [2.24, 2.45) is 0 Å². The summed E-state index contributed by atoms with van der Waals surface area (Å²) in [7, 11) is 0.108. The Bertz CT molecular complexity index is 652. The van der Waals surface area contributed by atoms with Crippen LogP contribution in [0, 0.1) is 0 Å². The van der Waals surface area contributed by atoms with Gasteiger partial charge in [0.1, 0.15) is 0 Å². The Morgan fingerprint density at radius 1 is 0.455 bits per heavy atom. The molecule has 1 aromatic rings. The lowest BCUT2D eigenvalue weighted by atomic mass is 9.99. The largest absolute Gasteiger partial charge is 0.303 e. The Kier molecular flexibility index (Phi) is 26.0. The number of nitrogens with zero attached hydrogens (tertiary/aromatic N) is 1. The summed E-state index contributed by atoms with van der Waals surface area (Å²) in [5.74, 6) is 0. The molecule has 0 aromatic heterocycles. The smallest absolute Gasteiger partial charge is 0.00187 e. The molecule has 0 spiro atoms. The Morgan fingerprint density at radius 2 is 0.795 bits per heavy atom. The molecule has 0 N–H and O–H groups in total. The van der Waals surface area contributed by atoms with E-state index in [1.54, 1.807) is 5.30 Å². The summed E-state index contributed by atoms with van der Waals surface area (Å²) in [5.41, 5.74) is 2.07. The Morgan fingerprint density at radius 3 is 1.16 bits per heavy atom. The first-order chi connectivity index (χ1) is 21.8. The molecule has 0 saturated heterocycles. The maximum atomic E-state index is 2.79. The second-order valence-electron chi connectivity index (χ2n) is 14.5. The fourth-order valence-electron chi connectivity index (χ4n) is 7.72. The molecule has 0 amide bonds. The van der Waals surface area contributed by atoms with Crippen molar-refractivity contribution >= 4 is 13.2 Å². The van der Waals surface area contributed by atoms with E-state index in [2.05, 4.69) is 56.0 Å². The van der Waals surface area contributed by atoms with E-state index in [0.29, 0.717) is 0 Å². The van der Waals surface area contributed by atoms with Gasteiger partial charge < -0.3 is 4.90 Å². The van der Waals surface area contributed by atoms with Crippen molar-refractivity contribution in [2.75, 3.05) is 19.6 Å². The zero-order valence-corrected chi connectivity index (χ0v) is 31.3. The first kappa shape index (κ1) is 39.8. The lowest BCUT2D eigenvalue weighted by Gasteiger charge is -2.38. The molecular weight excluding hydrogens is 549 g/mol. The number of hydrogen-bond donors (Lipinski definition) is 0. The predicted octanol–water partition coefficient (Wildman–Crippen LogP) is 13.8. The molecule has 2 saturated carbocycles. The van der Waals surface area contributed by atoms with Crippen molar-refractivity contribution in [3.8, 4) is 0 Å². The summed E-state index contributed by atoms with van der Waals surface area (Å²) < 4.78 is 0. The number of hydrogen-bond acceptors (Lipinski definition) is 1. The van der Waals surface area contributed by atoms with Gasteiger partial charge in [0.15, 0.2) is 0 Å². The van der Waals surface area contributed by atoms with Gasteiger partial charge in [0.05, 0.1) is 0 Å². The van der Waals surface area contributed by atoms with Crippen LogP contribution in [0.1, 0.15) is 201 Å². The van der Waals surface area contributed by atoms with Crippen LogP contribution >= 0.6 is 7.92 Å². The highest BCUT2D eigenvalue weighted by molar-refractivity contribution is 7.67. The lowest BCUT2D eigenvalue weighted by Crippen LogP contribution is -2.27. The molecule has 0 aliphatic heterocycles. The van der Waals surface area contributed by atoms with Gasteiger partial charge >= 0.3 is 0 Å². The molecule has 0 bridgehead atoms. The number of rotatable bonds is 24. The van der Waals surface area contributed by atoms with Gasteiger partial charge in [-0.15, -0.1) is 0 Å². The first-order valence-electron chi connectivity index (χ1n) is 20.4. The Labute approximate surface area is 279 Å². The van der Waals surface area contributed by atoms with E-state index in [1.807, 2.05) is 0 Å². The lowest BCUT2D eigenvalue weighted by molar-refractivity contribution is 0.254.